The van der Waals surface area contributed by atoms with Crippen molar-refractivity contribution in [2.24, 2.45) is 0 Å². The number of benzene rings is 2. The van der Waals surface area contributed by atoms with Crippen LogP contribution < -0.4 is 11.1 Å². The Morgan fingerprint density at radius 1 is 1.08 bits per heavy atom. The number of carbonyl (C=O) groups excluding carboxylic acids is 1. The van der Waals surface area contributed by atoms with Crippen LogP contribution in [0.4, 0.5) is 5.69 Å². The molecule has 0 aliphatic carbocycles. The summed E-state index contributed by atoms with van der Waals surface area (Å²) in [7, 11) is 0. The molecule has 0 atom stereocenters. The van der Waals surface area contributed by atoms with E-state index in [-0.39, 0.29) is 17.9 Å². The molecule has 0 aromatic heterocycles. The number of nitrogens with one attached hydrogen (secondary N) is 1. The molecule has 0 unspecified atom stereocenters. The van der Waals surface area contributed by atoms with Crippen molar-refractivity contribution >= 4 is 33.4 Å². The van der Waals surface area contributed by atoms with E-state index in [9.17, 15) is 9.59 Å². The highest BCUT2D eigenvalue weighted by Gasteiger charge is 2.15. The van der Waals surface area contributed by atoms with Gasteiger partial charge in [-0.05, 0) is 49.0 Å². The summed E-state index contributed by atoms with van der Waals surface area (Å²) >= 11 is 3.30. The van der Waals surface area contributed by atoms with Crippen LogP contribution >= 0.6 is 15.9 Å². The molecule has 25 heavy (non-hydrogen) atoms. The largest absolute Gasteiger partial charge is 0.481 e. The highest BCUT2D eigenvalue weighted by Crippen LogP contribution is 2.22. The van der Waals surface area contributed by atoms with Gasteiger partial charge in [0.2, 0.25) is 0 Å². The second-order valence-electron chi connectivity index (χ2n) is 5.24. The molecule has 0 aliphatic heterocycles. The van der Waals surface area contributed by atoms with Crippen molar-refractivity contribution in [2.75, 3.05) is 18.8 Å². The zero-order valence-corrected chi connectivity index (χ0v) is 16.0. The molecule has 0 heterocycles. The van der Waals surface area contributed by atoms with E-state index in [0.29, 0.717) is 16.7 Å². The third-order valence-corrected chi connectivity index (χ3v) is 3.92. The van der Waals surface area contributed by atoms with Crippen molar-refractivity contribution in [1.29, 1.82) is 0 Å². The summed E-state index contributed by atoms with van der Waals surface area (Å²) in [6, 6.07) is 11.8. The summed E-state index contributed by atoms with van der Waals surface area (Å²) in [4.78, 5) is 23.1. The van der Waals surface area contributed by atoms with Crippen molar-refractivity contribution in [3.8, 4) is 0 Å². The van der Waals surface area contributed by atoms with Crippen molar-refractivity contribution in [1.82, 2.24) is 5.32 Å². The molecule has 0 spiro atoms. The van der Waals surface area contributed by atoms with Gasteiger partial charge in [-0.15, -0.1) is 0 Å². The Kier molecular flexibility index (Phi) is 8.88. The van der Waals surface area contributed by atoms with Crippen LogP contribution in [0.25, 0.3) is 0 Å². The predicted molar refractivity (Wildman–Crippen MR) is 104 cm³/mol. The first-order valence-electron chi connectivity index (χ1n) is 8.00. The number of hydrogen-bond donors (Lipinski definition) is 3. The molecule has 5 nitrogen and oxygen atoms in total. The SMILES string of the molecule is CCNCC.Nc1c(CC(=O)O)cccc1C(=O)c1ccc(Br)cc1. The highest BCUT2D eigenvalue weighted by atomic mass is 79.9. The zero-order valence-electron chi connectivity index (χ0n) is 14.4. The molecule has 2 rings (SSSR count). The number of ketones is 1. The number of nitrogen functional groups attached to an aromatic ring is 1. The number of carboxylic acids is 1. The van der Waals surface area contributed by atoms with E-state index in [2.05, 4.69) is 35.1 Å². The van der Waals surface area contributed by atoms with Gasteiger partial charge in [-0.25, -0.2) is 0 Å². The number of rotatable bonds is 6. The number of anilines is 1. The Balaban J connectivity index is 0.000000550. The van der Waals surface area contributed by atoms with Gasteiger partial charge in [-0.1, -0.05) is 41.9 Å². The van der Waals surface area contributed by atoms with Crippen LogP contribution in [0.2, 0.25) is 0 Å². The zero-order chi connectivity index (χ0) is 18.8. The molecular weight excluding hydrogens is 384 g/mol. The van der Waals surface area contributed by atoms with Gasteiger partial charge in [0.25, 0.3) is 0 Å². The van der Waals surface area contributed by atoms with Gasteiger partial charge in [-0.3, -0.25) is 9.59 Å². The van der Waals surface area contributed by atoms with Crippen molar-refractivity contribution in [3.63, 3.8) is 0 Å². The highest BCUT2D eigenvalue weighted by molar-refractivity contribution is 9.10. The van der Waals surface area contributed by atoms with E-state index in [1.807, 2.05) is 0 Å². The van der Waals surface area contributed by atoms with E-state index in [4.69, 9.17) is 10.8 Å². The fourth-order valence-electron chi connectivity index (χ4n) is 2.13. The lowest BCUT2D eigenvalue weighted by Gasteiger charge is -2.09. The minimum Gasteiger partial charge on any atom is -0.481 e. The normalized spacial score (nSPS) is 9.88. The number of nitrogens with two attached hydrogens (primary N) is 1. The molecule has 0 saturated carbocycles. The smallest absolute Gasteiger partial charge is 0.307 e. The minimum atomic E-state index is -0.982. The standard InChI is InChI=1S/C15H12BrNO3.C4H11N/c16-11-6-4-9(5-7-11)15(20)12-3-1-2-10(14(12)17)8-13(18)19;1-3-5-4-2/h1-7H,8,17H2,(H,18,19);5H,3-4H2,1-2H3. The van der Waals surface area contributed by atoms with Crippen LogP contribution in [0.1, 0.15) is 35.3 Å². The second-order valence-corrected chi connectivity index (χ2v) is 6.16. The molecule has 6 heteroatoms. The van der Waals surface area contributed by atoms with Crippen molar-refractivity contribution < 1.29 is 14.7 Å². The molecule has 0 radical (unpaired) electrons. The molecule has 4 N–H and O–H groups in total. The Labute approximate surface area is 156 Å². The topological polar surface area (TPSA) is 92.4 Å². The van der Waals surface area contributed by atoms with Crippen LogP contribution in [-0.2, 0) is 11.2 Å². The maximum absolute atomic E-state index is 12.4. The Bertz CT molecular complexity index is 713. The van der Waals surface area contributed by atoms with Crippen LogP contribution in [0.5, 0.6) is 0 Å². The van der Waals surface area contributed by atoms with Gasteiger partial charge in [0.15, 0.2) is 5.78 Å². The molecule has 0 saturated heterocycles. The van der Waals surface area contributed by atoms with E-state index >= 15 is 0 Å². The third kappa shape index (κ3) is 6.68. The Morgan fingerprint density at radius 2 is 1.68 bits per heavy atom. The lowest BCUT2D eigenvalue weighted by Crippen LogP contribution is -2.10. The monoisotopic (exact) mass is 406 g/mol. The van der Waals surface area contributed by atoms with Crippen LogP contribution in [-0.4, -0.2) is 29.9 Å². The van der Waals surface area contributed by atoms with Crippen LogP contribution in [0, 0.1) is 0 Å². The number of hydrogen-bond acceptors (Lipinski definition) is 4. The first-order chi connectivity index (χ1) is 11.9. The Morgan fingerprint density at radius 3 is 2.16 bits per heavy atom. The van der Waals surface area contributed by atoms with Gasteiger partial charge in [0.05, 0.1) is 6.42 Å². The molecule has 0 amide bonds. The number of aliphatic carboxylic acids is 1. The summed E-state index contributed by atoms with van der Waals surface area (Å²) in [6.45, 7) is 6.39. The van der Waals surface area contributed by atoms with Crippen molar-refractivity contribution in [3.05, 3.63) is 63.6 Å². The van der Waals surface area contributed by atoms with Gasteiger partial charge in [0, 0.05) is 21.3 Å². The number of carbonyl (C=O) groups is 2. The fourth-order valence-corrected chi connectivity index (χ4v) is 2.40. The summed E-state index contributed by atoms with van der Waals surface area (Å²) < 4.78 is 0.877. The minimum absolute atomic E-state index is 0.201. The van der Waals surface area contributed by atoms with Crippen molar-refractivity contribution in [2.45, 2.75) is 20.3 Å². The first kappa shape index (κ1) is 20.9. The van der Waals surface area contributed by atoms with Gasteiger partial charge >= 0.3 is 5.97 Å². The third-order valence-electron chi connectivity index (χ3n) is 3.39. The molecule has 2 aromatic rings. The van der Waals surface area contributed by atoms with E-state index in [1.165, 1.54) is 0 Å². The number of halogens is 1. The predicted octanol–water partition coefficient (Wildman–Crippen LogP) is 3.51. The number of para-hydroxylation sites is 1. The quantitative estimate of drug-likeness (QED) is 0.504. The lowest BCUT2D eigenvalue weighted by molar-refractivity contribution is -0.136. The molecule has 0 aliphatic rings. The van der Waals surface area contributed by atoms with Crippen LogP contribution in [0.3, 0.4) is 0 Å². The molecule has 0 fully saturated rings. The maximum Gasteiger partial charge on any atom is 0.307 e. The lowest BCUT2D eigenvalue weighted by atomic mass is 9.98. The average molecular weight is 407 g/mol. The molecule has 134 valence electrons. The summed E-state index contributed by atoms with van der Waals surface area (Å²) in [5.41, 5.74) is 7.41. The number of carboxylic acid groups (broad SMARTS) is 1. The second kappa shape index (κ2) is 10.6. The molecule has 0 bridgehead atoms. The van der Waals surface area contributed by atoms with Gasteiger partial charge in [0.1, 0.15) is 0 Å². The average Bonchev–Trinajstić information content (AvgIpc) is 2.58. The summed E-state index contributed by atoms with van der Waals surface area (Å²) in [5, 5.41) is 11.9. The summed E-state index contributed by atoms with van der Waals surface area (Å²) in [6.07, 6.45) is -0.201. The molecule has 2 aromatic carbocycles. The van der Waals surface area contributed by atoms with E-state index in [0.717, 1.165) is 17.6 Å². The maximum atomic E-state index is 12.4. The van der Waals surface area contributed by atoms with Gasteiger partial charge in [-0.2, -0.15) is 0 Å². The van der Waals surface area contributed by atoms with Crippen LogP contribution in [0.15, 0.2) is 46.9 Å². The molecular formula is C19H23BrN2O3. The summed E-state index contributed by atoms with van der Waals surface area (Å²) in [5.74, 6) is -1.20. The fraction of sp³-hybridized carbons (Fsp3) is 0.263. The Hall–Kier alpha value is -2.18. The van der Waals surface area contributed by atoms with E-state index in [1.54, 1.807) is 42.5 Å². The van der Waals surface area contributed by atoms with Gasteiger partial charge < -0.3 is 16.2 Å². The first-order valence-corrected chi connectivity index (χ1v) is 8.80. The van der Waals surface area contributed by atoms with E-state index < -0.39 is 5.97 Å².